The molecule has 0 aromatic heterocycles. The first-order chi connectivity index (χ1) is 2.27. The standard InChI is InChI=1S/C3H4O2.CH4.Na/c1-2-3(4)5;;/h2H,1H2,(H,4,5);1H4;/q;;+1/p-1. The van der Waals surface area contributed by atoms with E-state index in [1.165, 1.54) is 0 Å². The zero-order valence-electron chi connectivity index (χ0n) is 3.60. The second-order valence-electron chi connectivity index (χ2n) is 0.523. The number of carboxylic acids is 1. The van der Waals surface area contributed by atoms with Crippen LogP contribution in [0, 0.1) is 0 Å². The molecule has 0 saturated heterocycles. The van der Waals surface area contributed by atoms with Crippen LogP contribution in [0.2, 0.25) is 0 Å². The molecule has 0 aromatic carbocycles. The first-order valence-electron chi connectivity index (χ1n) is 1.11. The molecule has 0 radical (unpaired) electrons. The molecule has 0 rings (SSSR count). The zero-order chi connectivity index (χ0) is 4.28. The first kappa shape index (κ1) is 15.7. The molecule has 0 saturated carbocycles. The molecule has 7 heavy (non-hydrogen) atoms. The zero-order valence-corrected chi connectivity index (χ0v) is 5.60. The van der Waals surface area contributed by atoms with Crippen molar-refractivity contribution >= 4 is 5.97 Å². The van der Waals surface area contributed by atoms with E-state index in [0.717, 1.165) is 6.08 Å². The fraction of sp³-hybridized carbons (Fsp3) is 0.250. The second-order valence-corrected chi connectivity index (χ2v) is 0.523. The fourth-order valence-electron chi connectivity index (χ4n) is 0. The van der Waals surface area contributed by atoms with E-state index < -0.39 is 5.97 Å². The Morgan fingerprint density at radius 2 is 1.86 bits per heavy atom. The van der Waals surface area contributed by atoms with Crippen molar-refractivity contribution < 1.29 is 39.5 Å². The van der Waals surface area contributed by atoms with Gasteiger partial charge in [-0.3, -0.25) is 0 Å². The van der Waals surface area contributed by atoms with Gasteiger partial charge in [0.25, 0.3) is 0 Å². The molecule has 0 bridgehead atoms. The second kappa shape index (κ2) is 9.51. The fourth-order valence-corrected chi connectivity index (χ4v) is 0. The summed E-state index contributed by atoms with van der Waals surface area (Å²) in [6.45, 7) is 2.90. The Labute approximate surface area is 65.5 Å². The summed E-state index contributed by atoms with van der Waals surface area (Å²) in [4.78, 5) is 9.14. The largest absolute Gasteiger partial charge is 1.00 e. The van der Waals surface area contributed by atoms with Gasteiger partial charge in [-0.15, -0.1) is 0 Å². The molecule has 0 spiro atoms. The van der Waals surface area contributed by atoms with Crippen LogP contribution in [0.4, 0.5) is 0 Å². The summed E-state index contributed by atoms with van der Waals surface area (Å²) >= 11 is 0. The molecule has 3 heteroatoms. The van der Waals surface area contributed by atoms with Gasteiger partial charge in [0.05, 0.1) is 5.97 Å². The van der Waals surface area contributed by atoms with Crippen molar-refractivity contribution in [1.29, 1.82) is 0 Å². The molecule has 0 atom stereocenters. The molecule has 36 valence electrons. The maximum Gasteiger partial charge on any atom is 1.00 e. The summed E-state index contributed by atoms with van der Waals surface area (Å²) in [5, 5.41) is 9.14. The number of hydrogen-bond acceptors (Lipinski definition) is 2. The molecular weight excluding hydrogens is 103 g/mol. The predicted octanol–water partition coefficient (Wildman–Crippen LogP) is -3.44. The molecule has 0 unspecified atom stereocenters. The summed E-state index contributed by atoms with van der Waals surface area (Å²) in [6.07, 6.45) is 0.722. The molecule has 0 heterocycles. The van der Waals surface area contributed by atoms with E-state index in [4.69, 9.17) is 9.90 Å². The van der Waals surface area contributed by atoms with Gasteiger partial charge in [0.15, 0.2) is 0 Å². The average molecular weight is 110 g/mol. The Morgan fingerprint density at radius 3 is 1.86 bits per heavy atom. The van der Waals surface area contributed by atoms with E-state index in [1.54, 1.807) is 0 Å². The SMILES string of the molecule is C.C=CC(=O)[O-].[Na+]. The minimum Gasteiger partial charge on any atom is -0.545 e. The quantitative estimate of drug-likeness (QED) is 0.260. The van der Waals surface area contributed by atoms with Crippen molar-refractivity contribution in [2.45, 2.75) is 7.43 Å². The van der Waals surface area contributed by atoms with Crippen LogP contribution in [0.15, 0.2) is 12.7 Å². The summed E-state index contributed by atoms with van der Waals surface area (Å²) in [5.74, 6) is -1.23. The van der Waals surface area contributed by atoms with Crippen LogP contribution in [-0.4, -0.2) is 5.97 Å². The van der Waals surface area contributed by atoms with E-state index in [0.29, 0.717) is 0 Å². The van der Waals surface area contributed by atoms with Crippen molar-refractivity contribution in [3.05, 3.63) is 12.7 Å². The van der Waals surface area contributed by atoms with Gasteiger partial charge in [-0.1, -0.05) is 14.0 Å². The Morgan fingerprint density at radius 1 is 1.71 bits per heavy atom. The van der Waals surface area contributed by atoms with Gasteiger partial charge in [0, 0.05) is 0 Å². The van der Waals surface area contributed by atoms with Gasteiger partial charge in [0.2, 0.25) is 0 Å². The van der Waals surface area contributed by atoms with Gasteiger partial charge in [-0.25, -0.2) is 0 Å². The van der Waals surface area contributed by atoms with E-state index in [-0.39, 0.29) is 37.0 Å². The van der Waals surface area contributed by atoms with Gasteiger partial charge < -0.3 is 9.90 Å². The van der Waals surface area contributed by atoms with Crippen molar-refractivity contribution in [3.8, 4) is 0 Å². The van der Waals surface area contributed by atoms with E-state index in [1.807, 2.05) is 0 Å². The predicted molar refractivity (Wildman–Crippen MR) is 21.9 cm³/mol. The maximum absolute atomic E-state index is 9.14. The minimum atomic E-state index is -1.23. The van der Waals surface area contributed by atoms with Gasteiger partial charge in [-0.2, -0.15) is 0 Å². The number of carboxylic acid groups (broad SMARTS) is 1. The Bertz CT molecular complexity index is 60.7. The third-order valence-corrected chi connectivity index (χ3v) is 0.167. The summed E-state index contributed by atoms with van der Waals surface area (Å²) in [5.41, 5.74) is 0. The molecule has 0 aromatic rings. The molecule has 0 aliphatic carbocycles. The third-order valence-electron chi connectivity index (χ3n) is 0.167. The average Bonchev–Trinajstić information content (AvgIpc) is 1.38. The van der Waals surface area contributed by atoms with Crippen molar-refractivity contribution in [1.82, 2.24) is 0 Å². The Balaban J connectivity index is -0.0000000800. The molecule has 0 aliphatic rings. The number of aliphatic carboxylic acids is 1. The summed E-state index contributed by atoms with van der Waals surface area (Å²) in [7, 11) is 0. The molecule has 0 fully saturated rings. The molecule has 0 aliphatic heterocycles. The number of carbonyl (C=O) groups is 1. The first-order valence-corrected chi connectivity index (χ1v) is 1.11. The molecular formula is C4H7NaO2. The van der Waals surface area contributed by atoms with E-state index in [2.05, 4.69) is 6.58 Å². The maximum atomic E-state index is 9.14. The summed E-state index contributed by atoms with van der Waals surface area (Å²) in [6, 6.07) is 0. The summed E-state index contributed by atoms with van der Waals surface area (Å²) < 4.78 is 0. The van der Waals surface area contributed by atoms with Crippen LogP contribution in [0.5, 0.6) is 0 Å². The van der Waals surface area contributed by atoms with E-state index in [9.17, 15) is 0 Å². The topological polar surface area (TPSA) is 40.1 Å². The van der Waals surface area contributed by atoms with Crippen molar-refractivity contribution in [3.63, 3.8) is 0 Å². The van der Waals surface area contributed by atoms with Crippen LogP contribution < -0.4 is 34.7 Å². The number of rotatable bonds is 1. The number of carbonyl (C=O) groups excluding carboxylic acids is 1. The van der Waals surface area contributed by atoms with Crippen LogP contribution in [0.25, 0.3) is 0 Å². The van der Waals surface area contributed by atoms with Crippen LogP contribution >= 0.6 is 0 Å². The van der Waals surface area contributed by atoms with E-state index >= 15 is 0 Å². The molecule has 0 N–H and O–H groups in total. The molecule has 0 amide bonds. The van der Waals surface area contributed by atoms with Gasteiger partial charge in [-0.05, 0) is 6.08 Å². The minimum absolute atomic E-state index is 0. The van der Waals surface area contributed by atoms with Gasteiger partial charge in [0.1, 0.15) is 0 Å². The monoisotopic (exact) mass is 110 g/mol. The van der Waals surface area contributed by atoms with Crippen LogP contribution in [0.1, 0.15) is 7.43 Å². The third kappa shape index (κ3) is 22.5. The smallest absolute Gasteiger partial charge is 0.545 e. The number of hydrogen-bond donors (Lipinski definition) is 0. The normalized spacial score (nSPS) is 4.57. The van der Waals surface area contributed by atoms with Crippen molar-refractivity contribution in [2.24, 2.45) is 0 Å². The Kier molecular flexibility index (Phi) is 21.3. The van der Waals surface area contributed by atoms with Crippen LogP contribution in [0.3, 0.4) is 0 Å². The van der Waals surface area contributed by atoms with Gasteiger partial charge >= 0.3 is 29.6 Å². The van der Waals surface area contributed by atoms with Crippen molar-refractivity contribution in [2.75, 3.05) is 0 Å². The molecule has 2 nitrogen and oxygen atoms in total. The Hall–Kier alpha value is 0.210. The van der Waals surface area contributed by atoms with Crippen LogP contribution in [-0.2, 0) is 4.79 Å².